The number of benzene rings is 1. The summed E-state index contributed by atoms with van der Waals surface area (Å²) >= 11 is 3.45. The zero-order valence-corrected chi connectivity index (χ0v) is 12.4. The molecule has 0 aliphatic heterocycles. The number of aryl methyl sites for hydroxylation is 1. The number of anilines is 1. The average molecular weight is 297 g/mol. The summed E-state index contributed by atoms with van der Waals surface area (Å²) in [4.78, 5) is 10.2. The van der Waals surface area contributed by atoms with Crippen LogP contribution in [-0.2, 0) is 0 Å². The van der Waals surface area contributed by atoms with Crippen LogP contribution < -0.4 is 5.73 Å². The van der Waals surface area contributed by atoms with Gasteiger partial charge in [-0.05, 0) is 36.1 Å². The van der Waals surface area contributed by atoms with Gasteiger partial charge in [-0.25, -0.2) is 9.97 Å². The van der Waals surface area contributed by atoms with Gasteiger partial charge in [0, 0.05) is 14.8 Å². The molecule has 0 bridgehead atoms. The van der Waals surface area contributed by atoms with Gasteiger partial charge in [0.25, 0.3) is 0 Å². The number of thiophene rings is 2. The molecule has 0 atom stereocenters. The molecule has 0 fully saturated rings. The van der Waals surface area contributed by atoms with E-state index in [0.29, 0.717) is 5.82 Å². The molecule has 2 N–H and O–H groups in total. The minimum absolute atomic E-state index is 0.547. The maximum atomic E-state index is 6.09. The first kappa shape index (κ1) is 11.8. The van der Waals surface area contributed by atoms with E-state index in [1.54, 1.807) is 22.7 Å². The van der Waals surface area contributed by atoms with Crippen molar-refractivity contribution in [2.24, 2.45) is 0 Å². The third kappa shape index (κ3) is 1.71. The molecule has 4 aromatic rings. The van der Waals surface area contributed by atoms with Crippen molar-refractivity contribution in [2.75, 3.05) is 5.73 Å². The monoisotopic (exact) mass is 297 g/mol. The quantitative estimate of drug-likeness (QED) is 0.564. The third-order valence-electron chi connectivity index (χ3n) is 3.32. The fraction of sp³-hybridized carbons (Fsp3) is 0.0667. The van der Waals surface area contributed by atoms with Crippen LogP contribution in [0.15, 0.2) is 35.7 Å². The lowest BCUT2D eigenvalue weighted by atomic mass is 10.1. The molecule has 3 heterocycles. The molecule has 3 aromatic heterocycles. The summed E-state index contributed by atoms with van der Waals surface area (Å²) in [7, 11) is 0. The van der Waals surface area contributed by atoms with Crippen LogP contribution in [0.1, 0.15) is 5.56 Å². The topological polar surface area (TPSA) is 51.8 Å². The number of hydrogen-bond donors (Lipinski definition) is 1. The standard InChI is InChI=1S/C15H11N3S2/c1-8-3-2-4-9-13(8)17-15(18-14(9)16)12-7-11-10(20-12)5-6-19-11/h2-7H,1H3,(H2,16,17,18). The molecule has 0 aliphatic rings. The minimum Gasteiger partial charge on any atom is -0.383 e. The number of nitrogens with zero attached hydrogens (tertiary/aromatic N) is 2. The zero-order valence-electron chi connectivity index (χ0n) is 10.8. The molecular formula is C15H11N3S2. The molecule has 0 saturated carbocycles. The Morgan fingerprint density at radius 1 is 1.10 bits per heavy atom. The van der Waals surface area contributed by atoms with Gasteiger partial charge >= 0.3 is 0 Å². The molecule has 0 saturated heterocycles. The lowest BCUT2D eigenvalue weighted by Crippen LogP contribution is -1.98. The lowest BCUT2D eigenvalue weighted by molar-refractivity contribution is 1.24. The molecular weight excluding hydrogens is 286 g/mol. The summed E-state index contributed by atoms with van der Waals surface area (Å²) in [6, 6.07) is 10.3. The van der Waals surface area contributed by atoms with Crippen molar-refractivity contribution in [2.45, 2.75) is 6.92 Å². The summed E-state index contributed by atoms with van der Waals surface area (Å²) in [5.74, 6) is 1.27. The lowest BCUT2D eigenvalue weighted by Gasteiger charge is -2.05. The van der Waals surface area contributed by atoms with Crippen LogP contribution >= 0.6 is 22.7 Å². The van der Waals surface area contributed by atoms with Crippen LogP contribution in [0.25, 0.3) is 31.0 Å². The molecule has 1 aromatic carbocycles. The molecule has 0 amide bonds. The molecule has 0 radical (unpaired) electrons. The second-order valence-electron chi connectivity index (χ2n) is 4.66. The SMILES string of the molecule is Cc1cccc2c(N)nc(-c3cc4sccc4s3)nc12. The van der Waals surface area contributed by atoms with Crippen LogP contribution in [0.3, 0.4) is 0 Å². The van der Waals surface area contributed by atoms with Gasteiger partial charge in [0.2, 0.25) is 0 Å². The van der Waals surface area contributed by atoms with E-state index >= 15 is 0 Å². The zero-order chi connectivity index (χ0) is 13.7. The van der Waals surface area contributed by atoms with Gasteiger partial charge in [-0.15, -0.1) is 22.7 Å². The number of para-hydroxylation sites is 1. The van der Waals surface area contributed by atoms with Gasteiger partial charge in [-0.3, -0.25) is 0 Å². The Hall–Kier alpha value is -1.98. The van der Waals surface area contributed by atoms with Crippen molar-refractivity contribution in [3.05, 3.63) is 41.3 Å². The molecule has 20 heavy (non-hydrogen) atoms. The molecule has 4 rings (SSSR count). The van der Waals surface area contributed by atoms with Crippen molar-refractivity contribution in [3.63, 3.8) is 0 Å². The summed E-state index contributed by atoms with van der Waals surface area (Å²) in [5.41, 5.74) is 8.15. The van der Waals surface area contributed by atoms with Crippen molar-refractivity contribution < 1.29 is 0 Å². The first-order valence-corrected chi connectivity index (χ1v) is 7.92. The van der Waals surface area contributed by atoms with Crippen LogP contribution in [0.2, 0.25) is 0 Å². The molecule has 98 valence electrons. The summed E-state index contributed by atoms with van der Waals surface area (Å²) in [6.45, 7) is 2.05. The third-order valence-corrected chi connectivity index (χ3v) is 5.41. The smallest absolute Gasteiger partial charge is 0.172 e. The first-order chi connectivity index (χ1) is 9.72. The van der Waals surface area contributed by atoms with Crippen LogP contribution in [0.4, 0.5) is 5.82 Å². The van der Waals surface area contributed by atoms with Gasteiger partial charge in [-0.1, -0.05) is 12.1 Å². The molecule has 0 unspecified atom stereocenters. The second-order valence-corrected chi connectivity index (χ2v) is 6.69. The Labute approximate surface area is 123 Å². The maximum absolute atomic E-state index is 6.09. The van der Waals surface area contributed by atoms with Crippen molar-refractivity contribution in [1.82, 2.24) is 9.97 Å². The van der Waals surface area contributed by atoms with Crippen molar-refractivity contribution in [3.8, 4) is 10.7 Å². The van der Waals surface area contributed by atoms with E-state index in [1.165, 1.54) is 9.40 Å². The Morgan fingerprint density at radius 3 is 2.85 bits per heavy atom. The number of hydrogen-bond acceptors (Lipinski definition) is 5. The fourth-order valence-electron chi connectivity index (χ4n) is 2.31. The maximum Gasteiger partial charge on any atom is 0.172 e. The Kier molecular flexibility index (Phi) is 2.52. The summed E-state index contributed by atoms with van der Waals surface area (Å²) in [6.07, 6.45) is 0. The van der Waals surface area contributed by atoms with Gasteiger partial charge in [0.05, 0.1) is 10.4 Å². The number of nitrogens with two attached hydrogens (primary N) is 1. The van der Waals surface area contributed by atoms with Gasteiger partial charge in [0.15, 0.2) is 5.82 Å². The van der Waals surface area contributed by atoms with E-state index in [2.05, 4.69) is 22.5 Å². The van der Waals surface area contributed by atoms with E-state index in [4.69, 9.17) is 10.7 Å². The average Bonchev–Trinajstić information content (AvgIpc) is 3.00. The minimum atomic E-state index is 0.547. The predicted octanol–water partition coefficient (Wildman–Crippen LogP) is 4.46. The molecule has 0 aliphatic carbocycles. The van der Waals surface area contributed by atoms with Crippen LogP contribution in [-0.4, -0.2) is 9.97 Å². The Morgan fingerprint density at radius 2 is 2.00 bits per heavy atom. The highest BCUT2D eigenvalue weighted by atomic mass is 32.1. The van der Waals surface area contributed by atoms with Crippen LogP contribution in [0.5, 0.6) is 0 Å². The van der Waals surface area contributed by atoms with E-state index in [9.17, 15) is 0 Å². The normalized spacial score (nSPS) is 11.4. The summed E-state index contributed by atoms with van der Waals surface area (Å²) in [5, 5.41) is 3.03. The van der Waals surface area contributed by atoms with Crippen molar-refractivity contribution >= 4 is 48.8 Å². The fourth-order valence-corrected chi connectivity index (χ4v) is 4.35. The first-order valence-electron chi connectivity index (χ1n) is 6.22. The molecule has 3 nitrogen and oxygen atoms in total. The van der Waals surface area contributed by atoms with Crippen molar-refractivity contribution in [1.29, 1.82) is 0 Å². The highest BCUT2D eigenvalue weighted by Crippen LogP contribution is 2.36. The predicted molar refractivity (Wildman–Crippen MR) is 87.4 cm³/mol. The Bertz CT molecular complexity index is 908. The summed E-state index contributed by atoms with van der Waals surface area (Å²) < 4.78 is 2.55. The van der Waals surface area contributed by atoms with Gasteiger partial charge in [-0.2, -0.15) is 0 Å². The largest absolute Gasteiger partial charge is 0.383 e. The number of aromatic nitrogens is 2. The van der Waals surface area contributed by atoms with E-state index in [0.717, 1.165) is 27.2 Å². The number of nitrogen functional groups attached to an aromatic ring is 1. The van der Waals surface area contributed by atoms with E-state index in [1.807, 2.05) is 25.1 Å². The van der Waals surface area contributed by atoms with Gasteiger partial charge < -0.3 is 5.73 Å². The van der Waals surface area contributed by atoms with E-state index in [-0.39, 0.29) is 0 Å². The van der Waals surface area contributed by atoms with Gasteiger partial charge in [0.1, 0.15) is 5.82 Å². The highest BCUT2D eigenvalue weighted by Gasteiger charge is 2.12. The highest BCUT2D eigenvalue weighted by molar-refractivity contribution is 7.28. The number of fused-ring (bicyclic) bond motifs is 2. The second kappa shape index (κ2) is 4.26. The van der Waals surface area contributed by atoms with Crippen LogP contribution in [0, 0.1) is 6.92 Å². The van der Waals surface area contributed by atoms with E-state index < -0.39 is 0 Å². The molecule has 5 heteroatoms. The Balaban J connectivity index is 2.00. The number of rotatable bonds is 1. The molecule has 0 spiro atoms.